The summed E-state index contributed by atoms with van der Waals surface area (Å²) in [6.45, 7) is 1.76. The number of aryl methyl sites for hydroxylation is 2. The van der Waals surface area contributed by atoms with Gasteiger partial charge in [0.25, 0.3) is 0 Å². The van der Waals surface area contributed by atoms with Crippen LogP contribution >= 0.6 is 0 Å². The van der Waals surface area contributed by atoms with Gasteiger partial charge in [-0.05, 0) is 13.0 Å². The van der Waals surface area contributed by atoms with E-state index in [9.17, 15) is 5.11 Å². The number of aromatic hydroxyl groups is 1. The van der Waals surface area contributed by atoms with Gasteiger partial charge in [-0.3, -0.25) is 0 Å². The van der Waals surface area contributed by atoms with Crippen LogP contribution in [0.15, 0.2) is 12.3 Å². The lowest BCUT2D eigenvalue weighted by atomic mass is 10.4. The minimum absolute atomic E-state index is 0.0463. The zero-order valence-corrected chi connectivity index (χ0v) is 6.94. The summed E-state index contributed by atoms with van der Waals surface area (Å²) in [5.41, 5.74) is 1.46. The van der Waals surface area contributed by atoms with E-state index in [0.29, 0.717) is 11.3 Å². The van der Waals surface area contributed by atoms with Gasteiger partial charge in [0.15, 0.2) is 0 Å². The maximum absolute atomic E-state index is 9.45. The average Bonchev–Trinajstić information content (AvgIpc) is 2.31. The van der Waals surface area contributed by atoms with Gasteiger partial charge < -0.3 is 9.67 Å². The van der Waals surface area contributed by atoms with Crippen LogP contribution in [0.5, 0.6) is 5.88 Å². The van der Waals surface area contributed by atoms with Crippen molar-refractivity contribution in [2.24, 2.45) is 7.05 Å². The van der Waals surface area contributed by atoms with Gasteiger partial charge in [0.1, 0.15) is 11.3 Å². The average molecular weight is 163 g/mol. The van der Waals surface area contributed by atoms with Crippen LogP contribution in [0.2, 0.25) is 0 Å². The molecule has 0 fully saturated rings. The van der Waals surface area contributed by atoms with E-state index in [4.69, 9.17) is 0 Å². The monoisotopic (exact) mass is 163 g/mol. The fourth-order valence-electron chi connectivity index (χ4n) is 1.28. The summed E-state index contributed by atoms with van der Waals surface area (Å²) in [5, 5.41) is 9.45. The number of rotatable bonds is 0. The van der Waals surface area contributed by atoms with Crippen molar-refractivity contribution >= 4 is 11.0 Å². The molecular formula is C8H9N3O. The third-order valence-corrected chi connectivity index (χ3v) is 1.81. The highest BCUT2D eigenvalue weighted by molar-refractivity contribution is 5.80. The van der Waals surface area contributed by atoms with Crippen LogP contribution in [0.25, 0.3) is 11.0 Å². The van der Waals surface area contributed by atoms with Crippen LogP contribution in [-0.2, 0) is 7.05 Å². The minimum Gasteiger partial charge on any atom is -0.492 e. The third-order valence-electron chi connectivity index (χ3n) is 1.81. The molecule has 0 saturated heterocycles. The first-order chi connectivity index (χ1) is 5.68. The molecule has 12 heavy (non-hydrogen) atoms. The molecule has 0 aliphatic rings. The van der Waals surface area contributed by atoms with Gasteiger partial charge in [-0.2, -0.15) is 4.98 Å². The first-order valence-corrected chi connectivity index (χ1v) is 3.67. The molecule has 0 saturated carbocycles. The van der Waals surface area contributed by atoms with Gasteiger partial charge in [-0.1, -0.05) is 0 Å². The summed E-state index contributed by atoms with van der Waals surface area (Å²) in [4.78, 5) is 8.02. The summed E-state index contributed by atoms with van der Waals surface area (Å²) in [7, 11) is 1.85. The van der Waals surface area contributed by atoms with E-state index in [2.05, 4.69) is 9.97 Å². The molecule has 0 aliphatic heterocycles. The number of fused-ring (bicyclic) bond motifs is 1. The Morgan fingerprint density at radius 2 is 2.17 bits per heavy atom. The summed E-state index contributed by atoms with van der Waals surface area (Å²) in [5.74, 6) is 0.635. The second-order valence-electron chi connectivity index (χ2n) is 2.75. The highest BCUT2D eigenvalue weighted by atomic mass is 16.3. The Morgan fingerprint density at radius 3 is 2.92 bits per heavy atom. The zero-order valence-electron chi connectivity index (χ0n) is 6.94. The molecule has 2 rings (SSSR count). The van der Waals surface area contributed by atoms with Crippen molar-refractivity contribution < 1.29 is 5.11 Å². The van der Waals surface area contributed by atoms with Crippen molar-refractivity contribution in [3.63, 3.8) is 0 Å². The van der Waals surface area contributed by atoms with Gasteiger partial charge >= 0.3 is 0 Å². The highest BCUT2D eigenvalue weighted by Crippen LogP contribution is 2.20. The minimum atomic E-state index is 0.0463. The molecule has 0 aromatic carbocycles. The van der Waals surface area contributed by atoms with Gasteiger partial charge in [0.05, 0.1) is 5.52 Å². The molecule has 2 aromatic heterocycles. The van der Waals surface area contributed by atoms with Crippen molar-refractivity contribution in [1.29, 1.82) is 0 Å². The fraction of sp³-hybridized carbons (Fsp3) is 0.250. The van der Waals surface area contributed by atoms with Gasteiger partial charge in [-0.25, -0.2) is 4.98 Å². The first-order valence-electron chi connectivity index (χ1n) is 3.67. The molecule has 2 heterocycles. The van der Waals surface area contributed by atoms with Crippen molar-refractivity contribution in [1.82, 2.24) is 14.5 Å². The first kappa shape index (κ1) is 7.09. The lowest BCUT2D eigenvalue weighted by Gasteiger charge is -1.98. The molecule has 2 aromatic rings. The molecule has 0 bridgehead atoms. The molecule has 0 atom stereocenters. The molecular weight excluding hydrogens is 154 g/mol. The molecule has 0 radical (unpaired) electrons. The Bertz CT molecular complexity index is 433. The van der Waals surface area contributed by atoms with Crippen molar-refractivity contribution in [2.45, 2.75) is 6.92 Å². The molecule has 1 N–H and O–H groups in total. The Morgan fingerprint density at radius 1 is 1.42 bits per heavy atom. The fourth-order valence-corrected chi connectivity index (χ4v) is 1.28. The van der Waals surface area contributed by atoms with E-state index in [1.165, 1.54) is 0 Å². The van der Waals surface area contributed by atoms with E-state index in [-0.39, 0.29) is 5.88 Å². The zero-order chi connectivity index (χ0) is 8.72. The molecule has 0 aliphatic carbocycles. The van der Waals surface area contributed by atoms with Crippen LogP contribution in [-0.4, -0.2) is 19.6 Å². The lowest BCUT2D eigenvalue weighted by molar-refractivity contribution is 0.455. The van der Waals surface area contributed by atoms with Gasteiger partial charge in [-0.15, -0.1) is 0 Å². The van der Waals surface area contributed by atoms with E-state index < -0.39 is 0 Å². The van der Waals surface area contributed by atoms with E-state index in [1.807, 2.05) is 19.3 Å². The topological polar surface area (TPSA) is 50.9 Å². The van der Waals surface area contributed by atoms with Gasteiger partial charge in [0.2, 0.25) is 5.88 Å². The number of hydrogen-bond acceptors (Lipinski definition) is 3. The predicted octanol–water partition coefficient (Wildman–Crippen LogP) is 0.982. The highest BCUT2D eigenvalue weighted by Gasteiger charge is 2.06. The predicted molar refractivity (Wildman–Crippen MR) is 44.9 cm³/mol. The standard InChI is InChI=1S/C8H9N3O/c1-5-9-6-3-4-11(2)7(6)8(12)10-5/h3-4H,1-2H3,(H,9,10,12). The summed E-state index contributed by atoms with van der Waals surface area (Å²) in [6, 6.07) is 1.85. The van der Waals surface area contributed by atoms with Crippen LogP contribution < -0.4 is 0 Å². The Balaban J connectivity index is 2.93. The second kappa shape index (κ2) is 2.20. The van der Waals surface area contributed by atoms with Gasteiger partial charge in [0, 0.05) is 13.2 Å². The van der Waals surface area contributed by atoms with Crippen LogP contribution in [0.3, 0.4) is 0 Å². The maximum Gasteiger partial charge on any atom is 0.239 e. The number of nitrogens with zero attached hydrogens (tertiary/aromatic N) is 3. The molecule has 0 spiro atoms. The van der Waals surface area contributed by atoms with Crippen molar-refractivity contribution in [2.75, 3.05) is 0 Å². The second-order valence-corrected chi connectivity index (χ2v) is 2.75. The normalized spacial score (nSPS) is 10.8. The summed E-state index contributed by atoms with van der Waals surface area (Å²) < 4.78 is 1.80. The maximum atomic E-state index is 9.45. The van der Waals surface area contributed by atoms with Crippen LogP contribution in [0.1, 0.15) is 5.82 Å². The number of aromatic nitrogens is 3. The summed E-state index contributed by atoms with van der Waals surface area (Å²) >= 11 is 0. The molecule has 0 amide bonds. The van der Waals surface area contributed by atoms with E-state index >= 15 is 0 Å². The van der Waals surface area contributed by atoms with E-state index in [0.717, 1.165) is 5.52 Å². The third kappa shape index (κ3) is 0.845. The lowest BCUT2D eigenvalue weighted by Crippen LogP contribution is -1.91. The number of hydrogen-bond donors (Lipinski definition) is 1. The quantitative estimate of drug-likeness (QED) is 0.629. The van der Waals surface area contributed by atoms with Crippen LogP contribution in [0, 0.1) is 6.92 Å². The van der Waals surface area contributed by atoms with Crippen molar-refractivity contribution in [3.8, 4) is 5.88 Å². The Kier molecular flexibility index (Phi) is 1.30. The van der Waals surface area contributed by atoms with Crippen molar-refractivity contribution in [3.05, 3.63) is 18.1 Å². The SMILES string of the molecule is Cc1nc(O)c2c(ccn2C)n1. The molecule has 4 nitrogen and oxygen atoms in total. The Hall–Kier alpha value is -1.58. The Labute approximate surface area is 69.5 Å². The molecule has 62 valence electrons. The summed E-state index contributed by atoms with van der Waals surface area (Å²) in [6.07, 6.45) is 1.85. The smallest absolute Gasteiger partial charge is 0.239 e. The van der Waals surface area contributed by atoms with E-state index in [1.54, 1.807) is 11.5 Å². The molecule has 4 heteroatoms. The molecule has 0 unspecified atom stereocenters. The largest absolute Gasteiger partial charge is 0.492 e. The van der Waals surface area contributed by atoms with Crippen LogP contribution in [0.4, 0.5) is 0 Å².